The van der Waals surface area contributed by atoms with Gasteiger partial charge in [0, 0.05) is 19.3 Å². The van der Waals surface area contributed by atoms with Gasteiger partial charge in [-0.05, 0) is 12.5 Å². The molecule has 1 aliphatic rings. The number of nitrogens with zero attached hydrogens (tertiary/aromatic N) is 2. The molecule has 1 fully saturated rings. The van der Waals surface area contributed by atoms with Gasteiger partial charge in [-0.3, -0.25) is 9.59 Å². The third kappa shape index (κ3) is 4.26. The molecule has 0 spiro atoms. The predicted molar refractivity (Wildman–Crippen MR) is 77.3 cm³/mol. The summed E-state index contributed by atoms with van der Waals surface area (Å²) in [5, 5.41) is -0.568. The van der Waals surface area contributed by atoms with E-state index in [2.05, 4.69) is 0 Å². The third-order valence-electron chi connectivity index (χ3n) is 3.62. The zero-order chi connectivity index (χ0) is 17.2. The molecule has 0 saturated carbocycles. The van der Waals surface area contributed by atoms with Crippen molar-refractivity contribution in [2.75, 3.05) is 19.7 Å². The number of halogens is 4. The van der Waals surface area contributed by atoms with Crippen molar-refractivity contribution in [3.63, 3.8) is 0 Å². The van der Waals surface area contributed by atoms with Gasteiger partial charge in [0.05, 0.1) is 18.3 Å². The first-order valence-corrected chi connectivity index (χ1v) is 7.46. The number of amides is 1. The third-order valence-corrected chi connectivity index (χ3v) is 3.89. The van der Waals surface area contributed by atoms with Crippen molar-refractivity contribution in [2.24, 2.45) is 0 Å². The highest BCUT2D eigenvalue weighted by molar-refractivity contribution is 6.30. The van der Waals surface area contributed by atoms with E-state index in [4.69, 9.17) is 16.3 Å². The summed E-state index contributed by atoms with van der Waals surface area (Å²) in [6.45, 7) is 2.49. The van der Waals surface area contributed by atoms with Crippen LogP contribution in [0.4, 0.5) is 13.2 Å². The number of ether oxygens (including phenoxy) is 1. The summed E-state index contributed by atoms with van der Waals surface area (Å²) in [4.78, 5) is 25.6. The van der Waals surface area contributed by atoms with Gasteiger partial charge in [0.25, 0.3) is 5.56 Å². The lowest BCUT2D eigenvalue weighted by Crippen LogP contribution is -2.47. The number of aromatic nitrogens is 1. The molecule has 128 valence electrons. The number of carbonyl (C=O) groups excluding carboxylic acids is 1. The number of morpholine rings is 1. The summed E-state index contributed by atoms with van der Waals surface area (Å²) in [7, 11) is 0. The minimum absolute atomic E-state index is 0.102. The van der Waals surface area contributed by atoms with Gasteiger partial charge in [0.1, 0.15) is 11.6 Å². The molecule has 1 atom stereocenters. The van der Waals surface area contributed by atoms with E-state index in [0.29, 0.717) is 36.5 Å². The van der Waals surface area contributed by atoms with E-state index in [9.17, 15) is 22.8 Å². The zero-order valence-electron chi connectivity index (χ0n) is 12.4. The molecular formula is C14H16ClF3N2O3. The minimum atomic E-state index is -4.64. The number of pyridine rings is 1. The van der Waals surface area contributed by atoms with Crippen LogP contribution in [-0.2, 0) is 22.3 Å². The Balaban J connectivity index is 2.20. The van der Waals surface area contributed by atoms with Crippen molar-refractivity contribution >= 4 is 17.5 Å². The Hall–Kier alpha value is -1.54. The van der Waals surface area contributed by atoms with Crippen molar-refractivity contribution in [2.45, 2.75) is 32.2 Å². The molecule has 0 N–H and O–H groups in total. The lowest BCUT2D eigenvalue weighted by atomic mass is 10.2. The first-order valence-electron chi connectivity index (χ1n) is 7.09. The van der Waals surface area contributed by atoms with Gasteiger partial charge in [-0.15, -0.1) is 0 Å². The van der Waals surface area contributed by atoms with E-state index in [-0.39, 0.29) is 6.10 Å². The smallest absolute Gasteiger partial charge is 0.375 e. The Morgan fingerprint density at radius 1 is 1.48 bits per heavy atom. The largest absolute Gasteiger partial charge is 0.417 e. The highest BCUT2D eigenvalue weighted by Gasteiger charge is 2.32. The van der Waals surface area contributed by atoms with Crippen LogP contribution in [0, 0.1) is 0 Å². The van der Waals surface area contributed by atoms with Crippen LogP contribution in [0.2, 0.25) is 5.02 Å². The first kappa shape index (κ1) is 17.8. The summed E-state index contributed by atoms with van der Waals surface area (Å²) in [6, 6.07) is 0.562. The molecule has 23 heavy (non-hydrogen) atoms. The number of hydrogen-bond donors (Lipinski definition) is 0. The molecule has 1 aliphatic heterocycles. The van der Waals surface area contributed by atoms with Gasteiger partial charge >= 0.3 is 6.18 Å². The van der Waals surface area contributed by atoms with Gasteiger partial charge in [0.15, 0.2) is 0 Å². The highest BCUT2D eigenvalue weighted by atomic mass is 35.5. The molecule has 0 aliphatic carbocycles. The SMILES string of the molecule is CCC1CN(C(=O)Cn2cc(C(F)(F)F)cc(Cl)c2=O)CCO1. The fraction of sp³-hybridized carbons (Fsp3) is 0.571. The van der Waals surface area contributed by atoms with Crippen LogP contribution in [0.15, 0.2) is 17.1 Å². The number of alkyl halides is 3. The fourth-order valence-electron chi connectivity index (χ4n) is 2.31. The second kappa shape index (κ2) is 6.92. The van der Waals surface area contributed by atoms with E-state index >= 15 is 0 Å². The monoisotopic (exact) mass is 352 g/mol. The van der Waals surface area contributed by atoms with Gasteiger partial charge in [-0.25, -0.2) is 0 Å². The molecular weight excluding hydrogens is 337 g/mol. The molecule has 5 nitrogen and oxygen atoms in total. The van der Waals surface area contributed by atoms with Crippen LogP contribution in [-0.4, -0.2) is 41.2 Å². The average molecular weight is 353 g/mol. The fourth-order valence-corrected chi connectivity index (χ4v) is 2.54. The minimum Gasteiger partial charge on any atom is -0.375 e. The van der Waals surface area contributed by atoms with Crippen molar-refractivity contribution in [1.82, 2.24) is 9.47 Å². The van der Waals surface area contributed by atoms with Gasteiger partial charge in [-0.1, -0.05) is 18.5 Å². The highest BCUT2D eigenvalue weighted by Crippen LogP contribution is 2.29. The number of carbonyl (C=O) groups is 1. The molecule has 1 aromatic rings. The molecule has 2 rings (SSSR count). The Kier molecular flexibility index (Phi) is 5.36. The molecule has 0 bridgehead atoms. The van der Waals surface area contributed by atoms with Crippen molar-refractivity contribution < 1.29 is 22.7 Å². The second-order valence-corrected chi connectivity index (χ2v) is 5.66. The second-order valence-electron chi connectivity index (χ2n) is 5.25. The Morgan fingerprint density at radius 2 is 2.17 bits per heavy atom. The molecule has 1 amide bonds. The molecule has 1 aromatic heterocycles. The quantitative estimate of drug-likeness (QED) is 0.837. The summed E-state index contributed by atoms with van der Waals surface area (Å²) >= 11 is 5.56. The Bertz CT molecular complexity index is 645. The van der Waals surface area contributed by atoms with E-state index in [1.807, 2.05) is 6.92 Å². The van der Waals surface area contributed by atoms with E-state index in [1.54, 1.807) is 0 Å². The molecule has 2 heterocycles. The van der Waals surface area contributed by atoms with Crippen LogP contribution >= 0.6 is 11.6 Å². The maximum atomic E-state index is 12.8. The van der Waals surface area contributed by atoms with Crippen LogP contribution in [0.25, 0.3) is 0 Å². The summed E-state index contributed by atoms with van der Waals surface area (Å²) in [6.07, 6.45) is -3.41. The Morgan fingerprint density at radius 3 is 2.78 bits per heavy atom. The van der Waals surface area contributed by atoms with Gasteiger partial charge in [-0.2, -0.15) is 13.2 Å². The standard InChI is InChI=1S/C14H16ClF3N2O3/c1-2-10-7-19(3-4-23-10)12(21)8-20-6-9(14(16,17)18)5-11(15)13(20)22/h5-6,10H,2-4,7-8H2,1H3. The van der Waals surface area contributed by atoms with Gasteiger partial charge < -0.3 is 14.2 Å². The van der Waals surface area contributed by atoms with Crippen molar-refractivity contribution in [3.8, 4) is 0 Å². The van der Waals surface area contributed by atoms with Crippen molar-refractivity contribution in [1.29, 1.82) is 0 Å². The lowest BCUT2D eigenvalue weighted by Gasteiger charge is -2.32. The topological polar surface area (TPSA) is 51.5 Å². The van der Waals surface area contributed by atoms with E-state index < -0.39 is 34.8 Å². The van der Waals surface area contributed by atoms with Crippen LogP contribution in [0.1, 0.15) is 18.9 Å². The zero-order valence-corrected chi connectivity index (χ0v) is 13.2. The molecule has 1 saturated heterocycles. The summed E-state index contributed by atoms with van der Waals surface area (Å²) < 4.78 is 44.5. The summed E-state index contributed by atoms with van der Waals surface area (Å²) in [5.41, 5.74) is -1.89. The van der Waals surface area contributed by atoms with Crippen LogP contribution in [0.5, 0.6) is 0 Å². The number of hydrogen-bond acceptors (Lipinski definition) is 3. The van der Waals surface area contributed by atoms with E-state index in [0.717, 1.165) is 6.42 Å². The normalized spacial score (nSPS) is 19.0. The maximum absolute atomic E-state index is 12.8. The van der Waals surface area contributed by atoms with Crippen LogP contribution < -0.4 is 5.56 Å². The Labute approximate surface area is 135 Å². The molecule has 1 unspecified atom stereocenters. The lowest BCUT2D eigenvalue weighted by molar-refractivity contribution is -0.141. The molecule has 0 radical (unpaired) electrons. The van der Waals surface area contributed by atoms with Gasteiger partial charge in [0.2, 0.25) is 5.91 Å². The van der Waals surface area contributed by atoms with E-state index in [1.165, 1.54) is 4.90 Å². The maximum Gasteiger partial charge on any atom is 0.417 e. The summed E-state index contributed by atoms with van der Waals surface area (Å²) in [5.74, 6) is -0.441. The van der Waals surface area contributed by atoms with Crippen LogP contribution in [0.3, 0.4) is 0 Å². The van der Waals surface area contributed by atoms with Crippen molar-refractivity contribution in [3.05, 3.63) is 33.2 Å². The predicted octanol–water partition coefficient (Wildman–Crippen LogP) is 2.16. The number of rotatable bonds is 3. The average Bonchev–Trinajstić information content (AvgIpc) is 2.50. The molecule has 0 aromatic carbocycles. The molecule has 9 heteroatoms. The first-order chi connectivity index (χ1) is 10.7.